The summed E-state index contributed by atoms with van der Waals surface area (Å²) < 4.78 is 5.44. The van der Waals surface area contributed by atoms with Crippen molar-refractivity contribution < 1.29 is 19.4 Å². The van der Waals surface area contributed by atoms with E-state index in [1.807, 2.05) is 5.43 Å². The van der Waals surface area contributed by atoms with Gasteiger partial charge in [-0.05, 0) is 42.0 Å². The van der Waals surface area contributed by atoms with Gasteiger partial charge in [-0.25, -0.2) is 10.6 Å². The van der Waals surface area contributed by atoms with Crippen LogP contribution in [0.5, 0.6) is 5.75 Å². The summed E-state index contributed by atoms with van der Waals surface area (Å²) in [6.45, 7) is 1.58. The molecule has 104 valence electrons. The average Bonchev–Trinajstić information content (AvgIpc) is 2.45. The Morgan fingerprint density at radius 2 is 1.85 bits per heavy atom. The number of hydrogen-bond donors (Lipinski definition) is 3. The van der Waals surface area contributed by atoms with E-state index >= 15 is 0 Å². The summed E-state index contributed by atoms with van der Waals surface area (Å²) in [5.74, 6) is 4.14. The van der Waals surface area contributed by atoms with Crippen molar-refractivity contribution in [2.45, 2.75) is 13.0 Å². The minimum absolute atomic E-state index is 0.224. The van der Waals surface area contributed by atoms with Crippen molar-refractivity contribution in [3.8, 4) is 5.75 Å². The zero-order valence-electron chi connectivity index (χ0n) is 10.8. The van der Waals surface area contributed by atoms with Gasteiger partial charge in [-0.3, -0.25) is 10.2 Å². The molecule has 20 heavy (non-hydrogen) atoms. The van der Waals surface area contributed by atoms with Crippen LogP contribution in [-0.2, 0) is 4.79 Å². The fourth-order valence-corrected chi connectivity index (χ4v) is 1.81. The van der Waals surface area contributed by atoms with Crippen LogP contribution in [0, 0.1) is 0 Å². The van der Waals surface area contributed by atoms with Crippen LogP contribution in [0.2, 0.25) is 0 Å². The summed E-state index contributed by atoms with van der Waals surface area (Å²) in [7, 11) is 0. The molecule has 0 saturated carbocycles. The number of ether oxygens (including phenoxy) is 1. The van der Waals surface area contributed by atoms with Gasteiger partial charge in [-0.2, -0.15) is 0 Å². The number of nitrogens with one attached hydrogen (secondary N) is 1. The van der Waals surface area contributed by atoms with Gasteiger partial charge >= 0.3 is 5.97 Å². The van der Waals surface area contributed by atoms with Crippen LogP contribution in [-0.4, -0.2) is 23.1 Å². The van der Waals surface area contributed by atoms with Gasteiger partial charge in [-0.1, -0.05) is 12.1 Å². The van der Waals surface area contributed by atoms with E-state index in [2.05, 4.69) is 0 Å². The molecule has 1 atom stereocenters. The van der Waals surface area contributed by atoms with Gasteiger partial charge in [0.2, 0.25) is 0 Å². The second kappa shape index (κ2) is 5.58. The number of hydrogen-bond acceptors (Lipinski definition) is 4. The van der Waals surface area contributed by atoms with Crippen LogP contribution in [0.4, 0.5) is 0 Å². The molecule has 0 bridgehead atoms. The van der Waals surface area contributed by atoms with Gasteiger partial charge in [0.25, 0.3) is 5.91 Å². The molecular weight excluding hydrogens is 260 g/mol. The first kappa shape index (κ1) is 13.8. The number of nitrogens with two attached hydrogens (primary N) is 1. The minimum Gasteiger partial charge on any atom is -0.481 e. The molecule has 0 fully saturated rings. The fourth-order valence-electron chi connectivity index (χ4n) is 1.81. The number of benzene rings is 2. The average molecular weight is 274 g/mol. The molecule has 1 unspecified atom stereocenters. The number of rotatable bonds is 4. The summed E-state index contributed by atoms with van der Waals surface area (Å²) in [5, 5.41) is 10.5. The maximum Gasteiger partial charge on any atom is 0.335 e. The molecule has 2 aromatic carbocycles. The maximum atomic E-state index is 11.3. The number of carboxylic acid groups (broad SMARTS) is 1. The van der Waals surface area contributed by atoms with E-state index in [9.17, 15) is 9.59 Å². The van der Waals surface area contributed by atoms with Gasteiger partial charge in [-0.15, -0.1) is 0 Å². The number of carbonyl (C=O) groups is 2. The van der Waals surface area contributed by atoms with Crippen molar-refractivity contribution in [1.29, 1.82) is 0 Å². The van der Waals surface area contributed by atoms with Crippen molar-refractivity contribution in [1.82, 2.24) is 5.43 Å². The summed E-state index contributed by atoms with van der Waals surface area (Å²) in [6, 6.07) is 9.95. The van der Waals surface area contributed by atoms with Gasteiger partial charge < -0.3 is 9.84 Å². The molecule has 0 radical (unpaired) electrons. The van der Waals surface area contributed by atoms with E-state index < -0.39 is 18.0 Å². The Bertz CT molecular complexity index is 669. The molecule has 2 rings (SSSR count). The fraction of sp³-hybridized carbons (Fsp3) is 0.143. The Morgan fingerprint density at radius 1 is 1.20 bits per heavy atom. The second-order valence-corrected chi connectivity index (χ2v) is 4.30. The summed E-state index contributed by atoms with van der Waals surface area (Å²) in [5.41, 5.74) is 2.24. The molecule has 2 aromatic rings. The van der Waals surface area contributed by atoms with E-state index in [0.717, 1.165) is 10.8 Å². The van der Waals surface area contributed by atoms with Crippen LogP contribution < -0.4 is 16.0 Å². The second-order valence-electron chi connectivity index (χ2n) is 4.30. The molecule has 0 spiro atoms. The molecule has 0 aliphatic rings. The largest absolute Gasteiger partial charge is 0.481 e. The highest BCUT2D eigenvalue weighted by Crippen LogP contribution is 2.23. The van der Waals surface area contributed by atoms with Gasteiger partial charge in [0, 0.05) is 0 Å². The highest BCUT2D eigenvalue weighted by Gasteiger charge is 2.13. The first-order valence-corrected chi connectivity index (χ1v) is 5.95. The zero-order valence-corrected chi connectivity index (χ0v) is 10.8. The summed E-state index contributed by atoms with van der Waals surface area (Å²) in [4.78, 5) is 22.2. The number of carbonyl (C=O) groups excluding carboxylic acids is 1. The molecule has 0 aliphatic heterocycles. The van der Waals surface area contributed by atoms with E-state index in [1.54, 1.807) is 37.3 Å². The third-order valence-corrected chi connectivity index (χ3v) is 2.88. The zero-order chi connectivity index (χ0) is 14.7. The Balaban J connectivity index is 2.28. The monoisotopic (exact) mass is 274 g/mol. The Labute approximate surface area is 115 Å². The Kier molecular flexibility index (Phi) is 3.86. The maximum absolute atomic E-state index is 11.3. The number of hydrazine groups is 1. The van der Waals surface area contributed by atoms with Crippen LogP contribution in [0.1, 0.15) is 17.3 Å². The normalized spacial score (nSPS) is 11.9. The highest BCUT2D eigenvalue weighted by molar-refractivity contribution is 5.94. The molecule has 4 N–H and O–H groups in total. The summed E-state index contributed by atoms with van der Waals surface area (Å²) in [6.07, 6.45) is -0.712. The lowest BCUT2D eigenvalue weighted by Gasteiger charge is -2.13. The number of aromatic carboxylic acids is 1. The first-order chi connectivity index (χ1) is 9.51. The van der Waals surface area contributed by atoms with Crippen LogP contribution in [0.25, 0.3) is 10.8 Å². The van der Waals surface area contributed by atoms with Crippen LogP contribution >= 0.6 is 0 Å². The lowest BCUT2D eigenvalue weighted by molar-refractivity contribution is -0.127. The molecule has 0 heterocycles. The Hall–Kier alpha value is -2.60. The lowest BCUT2D eigenvalue weighted by Crippen LogP contribution is -2.40. The predicted octanol–water partition coefficient (Wildman–Crippen LogP) is 1.30. The van der Waals surface area contributed by atoms with E-state index in [4.69, 9.17) is 15.7 Å². The molecule has 0 saturated heterocycles. The topological polar surface area (TPSA) is 102 Å². The van der Waals surface area contributed by atoms with E-state index in [1.165, 1.54) is 6.07 Å². The number of fused-ring (bicyclic) bond motifs is 1. The minimum atomic E-state index is -0.972. The molecular formula is C14H14N2O4. The SMILES string of the molecule is CC(Oc1ccc2cc(C(=O)O)ccc2c1)C(=O)NN. The number of carboxylic acids is 1. The molecule has 1 amide bonds. The van der Waals surface area contributed by atoms with Crippen molar-refractivity contribution in [3.63, 3.8) is 0 Å². The smallest absolute Gasteiger partial charge is 0.335 e. The van der Waals surface area contributed by atoms with Gasteiger partial charge in [0.05, 0.1) is 5.56 Å². The van der Waals surface area contributed by atoms with Gasteiger partial charge in [0.1, 0.15) is 5.75 Å². The van der Waals surface area contributed by atoms with Gasteiger partial charge in [0.15, 0.2) is 6.10 Å². The van der Waals surface area contributed by atoms with Crippen molar-refractivity contribution >= 4 is 22.6 Å². The Morgan fingerprint density at radius 3 is 2.50 bits per heavy atom. The van der Waals surface area contributed by atoms with E-state index in [-0.39, 0.29) is 5.56 Å². The highest BCUT2D eigenvalue weighted by atomic mass is 16.5. The number of amides is 1. The quantitative estimate of drug-likeness (QED) is 0.443. The van der Waals surface area contributed by atoms with Crippen molar-refractivity contribution in [3.05, 3.63) is 42.0 Å². The third-order valence-electron chi connectivity index (χ3n) is 2.88. The lowest BCUT2D eigenvalue weighted by atomic mass is 10.1. The van der Waals surface area contributed by atoms with E-state index in [0.29, 0.717) is 5.75 Å². The first-order valence-electron chi connectivity index (χ1n) is 5.95. The summed E-state index contributed by atoms with van der Waals surface area (Å²) >= 11 is 0. The van der Waals surface area contributed by atoms with Crippen molar-refractivity contribution in [2.24, 2.45) is 5.84 Å². The standard InChI is InChI=1S/C14H14N2O4/c1-8(13(17)16-15)20-12-5-4-9-6-11(14(18)19)3-2-10(9)7-12/h2-8H,15H2,1H3,(H,16,17)(H,18,19). The van der Waals surface area contributed by atoms with Crippen molar-refractivity contribution in [2.75, 3.05) is 0 Å². The van der Waals surface area contributed by atoms with Crippen LogP contribution in [0.15, 0.2) is 36.4 Å². The third kappa shape index (κ3) is 2.86. The molecule has 0 aliphatic carbocycles. The molecule has 6 heteroatoms. The predicted molar refractivity (Wildman–Crippen MR) is 73.3 cm³/mol. The molecule has 6 nitrogen and oxygen atoms in total. The molecule has 0 aromatic heterocycles. The van der Waals surface area contributed by atoms with Crippen LogP contribution in [0.3, 0.4) is 0 Å².